The van der Waals surface area contributed by atoms with Gasteiger partial charge in [0.1, 0.15) is 0 Å². The fourth-order valence-electron chi connectivity index (χ4n) is 3.97. The van der Waals surface area contributed by atoms with Crippen molar-refractivity contribution in [3.05, 3.63) is 46.5 Å². The minimum atomic E-state index is -0.468. The molecule has 26 heavy (non-hydrogen) atoms. The van der Waals surface area contributed by atoms with E-state index >= 15 is 0 Å². The van der Waals surface area contributed by atoms with Crippen molar-refractivity contribution in [2.45, 2.75) is 44.2 Å². The number of carbonyl (C=O) groups is 1. The second-order valence-electron chi connectivity index (χ2n) is 7.11. The Bertz CT molecular complexity index is 829. The standard InChI is InChI=1S/C19H22FN3O3/c1-26-16-6-5-10(9-14(16)20)17(11-7-12(24)8-11)21-19(25)18-13-3-2-4-15(13)22-23-18/h5-6,9,11-12,17,24H,2-4,7-8H2,1H3,(H,21,25)(H,22,23)/t11?,12?,17-/m0/s1. The molecule has 1 heterocycles. The van der Waals surface area contributed by atoms with Gasteiger partial charge in [-0.05, 0) is 55.7 Å². The van der Waals surface area contributed by atoms with Crippen molar-refractivity contribution in [3.63, 3.8) is 0 Å². The Morgan fingerprint density at radius 2 is 2.23 bits per heavy atom. The van der Waals surface area contributed by atoms with E-state index in [-0.39, 0.29) is 29.7 Å². The van der Waals surface area contributed by atoms with Crippen LogP contribution in [0.2, 0.25) is 0 Å². The van der Waals surface area contributed by atoms with E-state index in [4.69, 9.17) is 4.74 Å². The molecular weight excluding hydrogens is 337 g/mol. The summed E-state index contributed by atoms with van der Waals surface area (Å²) in [6.45, 7) is 0. The Hall–Kier alpha value is -2.41. The van der Waals surface area contributed by atoms with E-state index in [0.29, 0.717) is 24.1 Å². The van der Waals surface area contributed by atoms with Gasteiger partial charge in [0, 0.05) is 11.3 Å². The molecule has 0 saturated heterocycles. The fourth-order valence-corrected chi connectivity index (χ4v) is 3.97. The van der Waals surface area contributed by atoms with E-state index in [9.17, 15) is 14.3 Å². The molecule has 6 nitrogen and oxygen atoms in total. The zero-order chi connectivity index (χ0) is 18.3. The third kappa shape index (κ3) is 2.96. The van der Waals surface area contributed by atoms with Gasteiger partial charge in [0.25, 0.3) is 5.91 Å². The number of halogens is 1. The molecule has 0 spiro atoms. The van der Waals surface area contributed by atoms with Crippen LogP contribution in [0.1, 0.15) is 52.6 Å². The third-order valence-electron chi connectivity index (χ3n) is 5.46. The maximum Gasteiger partial charge on any atom is 0.272 e. The first-order valence-electron chi connectivity index (χ1n) is 8.95. The molecule has 3 N–H and O–H groups in total. The Morgan fingerprint density at radius 3 is 2.92 bits per heavy atom. The van der Waals surface area contributed by atoms with Gasteiger partial charge in [-0.2, -0.15) is 5.10 Å². The number of H-pyrrole nitrogens is 1. The van der Waals surface area contributed by atoms with Gasteiger partial charge in [-0.25, -0.2) is 4.39 Å². The number of benzene rings is 1. The smallest absolute Gasteiger partial charge is 0.272 e. The summed E-state index contributed by atoms with van der Waals surface area (Å²) in [7, 11) is 1.41. The number of nitrogens with one attached hydrogen (secondary N) is 2. The van der Waals surface area contributed by atoms with Crippen molar-refractivity contribution in [3.8, 4) is 5.75 Å². The fraction of sp³-hybridized carbons (Fsp3) is 0.474. The quantitative estimate of drug-likeness (QED) is 0.764. The number of fused-ring (bicyclic) bond motifs is 1. The van der Waals surface area contributed by atoms with Crippen molar-refractivity contribution in [1.82, 2.24) is 15.5 Å². The summed E-state index contributed by atoms with van der Waals surface area (Å²) in [5, 5.41) is 19.8. The number of nitrogens with zero attached hydrogens (tertiary/aromatic N) is 1. The summed E-state index contributed by atoms with van der Waals surface area (Å²) in [4.78, 5) is 12.8. The van der Waals surface area contributed by atoms with Crippen LogP contribution in [0.15, 0.2) is 18.2 Å². The molecule has 0 unspecified atom stereocenters. The Labute approximate surface area is 150 Å². The Kier molecular flexibility index (Phi) is 4.40. The molecule has 1 fully saturated rings. The number of aromatic amines is 1. The van der Waals surface area contributed by atoms with Gasteiger partial charge in [-0.3, -0.25) is 9.89 Å². The van der Waals surface area contributed by atoms with Crippen LogP contribution in [0.5, 0.6) is 5.75 Å². The first kappa shape index (κ1) is 17.0. The molecule has 1 atom stereocenters. The molecule has 1 amide bonds. The average molecular weight is 359 g/mol. The van der Waals surface area contributed by atoms with Gasteiger partial charge >= 0.3 is 0 Å². The highest BCUT2D eigenvalue weighted by molar-refractivity contribution is 5.94. The van der Waals surface area contributed by atoms with Gasteiger partial charge in [-0.15, -0.1) is 0 Å². The molecule has 0 radical (unpaired) electrons. The van der Waals surface area contributed by atoms with Gasteiger partial charge in [-0.1, -0.05) is 6.07 Å². The third-order valence-corrected chi connectivity index (χ3v) is 5.46. The van der Waals surface area contributed by atoms with Gasteiger partial charge < -0.3 is 15.2 Å². The van der Waals surface area contributed by atoms with Crippen molar-refractivity contribution < 1.29 is 19.0 Å². The molecule has 0 aliphatic heterocycles. The molecule has 0 bridgehead atoms. The van der Waals surface area contributed by atoms with E-state index in [1.165, 1.54) is 13.2 Å². The van der Waals surface area contributed by atoms with Crippen molar-refractivity contribution in [1.29, 1.82) is 0 Å². The molecule has 2 aromatic rings. The SMILES string of the molecule is COc1ccc([C@H](NC(=O)c2n[nH]c3c2CCC3)C2CC(O)C2)cc1F. The number of aryl methyl sites for hydroxylation is 1. The van der Waals surface area contributed by atoms with E-state index in [1.54, 1.807) is 12.1 Å². The highest BCUT2D eigenvalue weighted by Crippen LogP contribution is 2.39. The summed E-state index contributed by atoms with van der Waals surface area (Å²) < 4.78 is 19.1. The van der Waals surface area contributed by atoms with Crippen molar-refractivity contribution >= 4 is 5.91 Å². The maximum atomic E-state index is 14.2. The zero-order valence-corrected chi connectivity index (χ0v) is 14.6. The number of hydrogen-bond donors (Lipinski definition) is 3. The molecule has 138 valence electrons. The van der Waals surface area contributed by atoms with E-state index < -0.39 is 5.82 Å². The molecular formula is C19H22FN3O3. The summed E-state index contributed by atoms with van der Waals surface area (Å²) in [5.41, 5.74) is 3.11. The number of amides is 1. The molecule has 2 aliphatic carbocycles. The number of methoxy groups -OCH3 is 1. The lowest BCUT2D eigenvalue weighted by Gasteiger charge is -2.38. The lowest BCUT2D eigenvalue weighted by molar-refractivity contribution is 0.0234. The second-order valence-corrected chi connectivity index (χ2v) is 7.11. The van der Waals surface area contributed by atoms with Gasteiger partial charge in [0.15, 0.2) is 17.3 Å². The van der Waals surface area contributed by atoms with Crippen LogP contribution in [-0.2, 0) is 12.8 Å². The van der Waals surface area contributed by atoms with Crippen LogP contribution in [0.25, 0.3) is 0 Å². The van der Waals surface area contributed by atoms with Crippen molar-refractivity contribution in [2.75, 3.05) is 7.11 Å². The number of ether oxygens (including phenoxy) is 1. The van der Waals surface area contributed by atoms with Crippen LogP contribution < -0.4 is 10.1 Å². The van der Waals surface area contributed by atoms with Crippen LogP contribution in [-0.4, -0.2) is 34.4 Å². The first-order valence-corrected chi connectivity index (χ1v) is 8.95. The van der Waals surface area contributed by atoms with Gasteiger partial charge in [0.05, 0.1) is 19.3 Å². The van der Waals surface area contributed by atoms with Crippen LogP contribution in [0.3, 0.4) is 0 Å². The zero-order valence-electron chi connectivity index (χ0n) is 14.6. The highest BCUT2D eigenvalue weighted by Gasteiger charge is 2.37. The van der Waals surface area contributed by atoms with E-state index in [2.05, 4.69) is 15.5 Å². The maximum absolute atomic E-state index is 14.2. The largest absolute Gasteiger partial charge is 0.494 e. The van der Waals surface area contributed by atoms with Crippen LogP contribution in [0, 0.1) is 11.7 Å². The summed E-state index contributed by atoms with van der Waals surface area (Å²) >= 11 is 0. The Balaban J connectivity index is 1.59. The second kappa shape index (κ2) is 6.72. The first-order chi connectivity index (χ1) is 12.6. The molecule has 1 aromatic carbocycles. The number of carbonyl (C=O) groups excluding carboxylic acids is 1. The number of rotatable bonds is 5. The topological polar surface area (TPSA) is 87.2 Å². The normalized spacial score (nSPS) is 22.4. The summed E-state index contributed by atoms with van der Waals surface area (Å²) in [5.74, 6) is -0.497. The molecule has 4 rings (SSSR count). The predicted octanol–water partition coefficient (Wildman–Crippen LogP) is 2.29. The monoisotopic (exact) mass is 359 g/mol. The van der Waals surface area contributed by atoms with Crippen molar-refractivity contribution in [2.24, 2.45) is 5.92 Å². The summed E-state index contributed by atoms with van der Waals surface area (Å²) in [6.07, 6.45) is 3.58. The predicted molar refractivity (Wildman–Crippen MR) is 92.5 cm³/mol. The minimum absolute atomic E-state index is 0.0636. The Morgan fingerprint density at radius 1 is 1.42 bits per heavy atom. The average Bonchev–Trinajstić information content (AvgIpc) is 3.20. The summed E-state index contributed by atoms with van der Waals surface area (Å²) in [6, 6.07) is 4.33. The van der Waals surface area contributed by atoms with E-state index in [0.717, 1.165) is 30.5 Å². The number of hydrogen-bond acceptors (Lipinski definition) is 4. The number of aliphatic hydroxyl groups excluding tert-OH is 1. The van der Waals surface area contributed by atoms with Gasteiger partial charge in [0.2, 0.25) is 0 Å². The lowest BCUT2D eigenvalue weighted by Crippen LogP contribution is -2.41. The molecule has 2 aliphatic rings. The lowest BCUT2D eigenvalue weighted by atomic mass is 9.75. The number of aromatic nitrogens is 2. The molecule has 7 heteroatoms. The van der Waals surface area contributed by atoms with Crippen LogP contribution in [0.4, 0.5) is 4.39 Å². The number of aliphatic hydroxyl groups is 1. The van der Waals surface area contributed by atoms with Crippen LogP contribution >= 0.6 is 0 Å². The minimum Gasteiger partial charge on any atom is -0.494 e. The molecule has 1 aromatic heterocycles. The highest BCUT2D eigenvalue weighted by atomic mass is 19.1. The van der Waals surface area contributed by atoms with E-state index in [1.807, 2.05) is 0 Å². The molecule has 1 saturated carbocycles.